The Morgan fingerprint density at radius 1 is 1.13 bits per heavy atom. The summed E-state index contributed by atoms with van der Waals surface area (Å²) in [5.41, 5.74) is 5.22. The van der Waals surface area contributed by atoms with Crippen LogP contribution in [0.1, 0.15) is 5.56 Å². The maximum absolute atomic E-state index is 9.67. The first kappa shape index (κ1) is 15.5. The molecule has 0 radical (unpaired) electrons. The van der Waals surface area contributed by atoms with Gasteiger partial charge in [0.1, 0.15) is 11.5 Å². The second-order valence-electron chi connectivity index (χ2n) is 4.66. The van der Waals surface area contributed by atoms with Crippen LogP contribution < -0.4 is 5.43 Å². The zero-order valence-corrected chi connectivity index (χ0v) is 14.2. The number of halogens is 1. The van der Waals surface area contributed by atoms with Gasteiger partial charge in [-0.3, -0.25) is 5.43 Å². The van der Waals surface area contributed by atoms with Crippen LogP contribution in [0.2, 0.25) is 0 Å². The molecular weight excluding hydrogens is 378 g/mol. The van der Waals surface area contributed by atoms with Crippen LogP contribution in [0, 0.1) is 0 Å². The summed E-state index contributed by atoms with van der Waals surface area (Å²) in [7, 11) is 0. The molecule has 3 aromatic rings. The molecule has 23 heavy (non-hydrogen) atoms. The number of anilines is 1. The highest BCUT2D eigenvalue weighted by Gasteiger charge is 2.04. The second-order valence-corrected chi connectivity index (χ2v) is 6.43. The van der Waals surface area contributed by atoms with Crippen LogP contribution in [0.4, 0.5) is 5.13 Å². The van der Waals surface area contributed by atoms with E-state index in [4.69, 9.17) is 0 Å². The largest absolute Gasteiger partial charge is 0.508 e. The molecule has 0 aliphatic carbocycles. The van der Waals surface area contributed by atoms with Crippen LogP contribution in [-0.4, -0.2) is 21.4 Å². The molecule has 1 heterocycles. The number of nitrogens with one attached hydrogen (secondary N) is 1. The molecule has 3 N–H and O–H groups in total. The van der Waals surface area contributed by atoms with Gasteiger partial charge >= 0.3 is 0 Å². The van der Waals surface area contributed by atoms with E-state index in [1.165, 1.54) is 29.7 Å². The lowest BCUT2D eigenvalue weighted by Crippen LogP contribution is -1.90. The van der Waals surface area contributed by atoms with Crippen LogP contribution in [0.3, 0.4) is 0 Å². The van der Waals surface area contributed by atoms with Crippen molar-refractivity contribution in [2.75, 3.05) is 5.43 Å². The van der Waals surface area contributed by atoms with E-state index < -0.39 is 0 Å². The topological polar surface area (TPSA) is 77.7 Å². The molecule has 0 bridgehead atoms. The van der Waals surface area contributed by atoms with Crippen molar-refractivity contribution in [1.29, 1.82) is 0 Å². The molecule has 3 rings (SSSR count). The molecule has 7 heteroatoms. The smallest absolute Gasteiger partial charge is 0.203 e. The number of thiazole rings is 1. The molecule has 0 aliphatic heterocycles. The van der Waals surface area contributed by atoms with E-state index in [9.17, 15) is 10.2 Å². The van der Waals surface area contributed by atoms with Crippen LogP contribution in [0.15, 0.2) is 57.4 Å². The van der Waals surface area contributed by atoms with Gasteiger partial charge in [-0.15, -0.1) is 11.3 Å². The van der Waals surface area contributed by atoms with Crippen molar-refractivity contribution < 1.29 is 10.2 Å². The third-order valence-electron chi connectivity index (χ3n) is 3.02. The normalized spacial score (nSPS) is 11.0. The van der Waals surface area contributed by atoms with Gasteiger partial charge < -0.3 is 10.2 Å². The maximum Gasteiger partial charge on any atom is 0.203 e. The minimum absolute atomic E-state index is 0.00618. The molecule has 1 aromatic heterocycles. The maximum atomic E-state index is 9.67. The van der Waals surface area contributed by atoms with Gasteiger partial charge in [0.05, 0.1) is 11.9 Å². The predicted molar refractivity (Wildman–Crippen MR) is 96.2 cm³/mol. The van der Waals surface area contributed by atoms with Gasteiger partial charge in [0, 0.05) is 27.0 Å². The van der Waals surface area contributed by atoms with Gasteiger partial charge in [0.25, 0.3) is 0 Å². The average Bonchev–Trinajstić information content (AvgIpc) is 2.99. The lowest BCUT2D eigenvalue weighted by atomic mass is 10.2. The van der Waals surface area contributed by atoms with Crippen molar-refractivity contribution in [3.05, 3.63) is 57.9 Å². The second kappa shape index (κ2) is 6.80. The lowest BCUT2D eigenvalue weighted by Gasteiger charge is -1.99. The minimum Gasteiger partial charge on any atom is -0.508 e. The molecule has 0 unspecified atom stereocenters. The SMILES string of the molecule is Oc1ccc(C=NNc2nc(-c3ccc(Br)cc3)cs2)c(O)c1. The zero-order chi connectivity index (χ0) is 16.2. The van der Waals surface area contributed by atoms with E-state index in [1.54, 1.807) is 6.07 Å². The highest BCUT2D eigenvalue weighted by molar-refractivity contribution is 9.10. The van der Waals surface area contributed by atoms with Gasteiger partial charge in [0.15, 0.2) is 0 Å². The number of phenols is 2. The van der Waals surface area contributed by atoms with E-state index >= 15 is 0 Å². The molecule has 0 saturated heterocycles. The first-order valence-electron chi connectivity index (χ1n) is 6.64. The number of aromatic nitrogens is 1. The highest BCUT2D eigenvalue weighted by Crippen LogP contribution is 2.26. The summed E-state index contributed by atoms with van der Waals surface area (Å²) in [5.74, 6) is -0.0306. The summed E-state index contributed by atoms with van der Waals surface area (Å²) in [6.07, 6.45) is 1.47. The van der Waals surface area contributed by atoms with Crippen molar-refractivity contribution in [2.45, 2.75) is 0 Å². The van der Waals surface area contributed by atoms with Crippen molar-refractivity contribution in [3.63, 3.8) is 0 Å². The summed E-state index contributed by atoms with van der Waals surface area (Å²) in [4.78, 5) is 4.45. The van der Waals surface area contributed by atoms with Gasteiger partial charge in [-0.05, 0) is 24.3 Å². The fraction of sp³-hybridized carbons (Fsp3) is 0. The van der Waals surface area contributed by atoms with Gasteiger partial charge in [-0.25, -0.2) is 4.98 Å². The number of aromatic hydroxyl groups is 2. The Kier molecular flexibility index (Phi) is 4.59. The first-order valence-corrected chi connectivity index (χ1v) is 8.31. The number of nitrogens with zero attached hydrogens (tertiary/aromatic N) is 2. The number of hydrogen-bond acceptors (Lipinski definition) is 6. The van der Waals surface area contributed by atoms with E-state index in [0.717, 1.165) is 15.7 Å². The van der Waals surface area contributed by atoms with Crippen molar-refractivity contribution >= 4 is 38.6 Å². The van der Waals surface area contributed by atoms with Gasteiger partial charge in [-0.1, -0.05) is 28.1 Å². The van der Waals surface area contributed by atoms with Crippen LogP contribution in [-0.2, 0) is 0 Å². The monoisotopic (exact) mass is 389 g/mol. The van der Waals surface area contributed by atoms with Crippen molar-refractivity contribution in [2.24, 2.45) is 5.10 Å². The van der Waals surface area contributed by atoms with E-state index in [2.05, 4.69) is 31.4 Å². The molecule has 5 nitrogen and oxygen atoms in total. The van der Waals surface area contributed by atoms with Gasteiger partial charge in [0.2, 0.25) is 5.13 Å². The van der Waals surface area contributed by atoms with Crippen LogP contribution in [0.5, 0.6) is 11.5 Å². The van der Waals surface area contributed by atoms with Crippen molar-refractivity contribution in [1.82, 2.24) is 4.98 Å². The Balaban J connectivity index is 1.69. The standard InChI is InChI=1S/C16H12BrN3O2S/c17-12-4-1-10(2-5-12)14-9-23-16(19-14)20-18-8-11-3-6-13(21)7-15(11)22/h1-9,21-22H,(H,19,20). The molecule has 0 atom stereocenters. The molecule has 116 valence electrons. The molecule has 2 aromatic carbocycles. The number of phenolic OH excluding ortho intramolecular Hbond substituents is 2. The number of rotatable bonds is 4. The number of hydrazone groups is 1. The quantitative estimate of drug-likeness (QED) is 0.455. The van der Waals surface area contributed by atoms with E-state index in [1.807, 2.05) is 29.6 Å². The summed E-state index contributed by atoms with van der Waals surface area (Å²) >= 11 is 4.84. The Morgan fingerprint density at radius 3 is 2.65 bits per heavy atom. The molecule has 0 spiro atoms. The lowest BCUT2D eigenvalue weighted by molar-refractivity contribution is 0.450. The summed E-state index contributed by atoms with van der Waals surface area (Å²) in [6, 6.07) is 12.2. The fourth-order valence-electron chi connectivity index (χ4n) is 1.88. The van der Waals surface area contributed by atoms with Gasteiger partial charge in [-0.2, -0.15) is 5.10 Å². The Morgan fingerprint density at radius 2 is 1.91 bits per heavy atom. The molecule has 0 amide bonds. The third kappa shape index (κ3) is 3.88. The number of hydrogen-bond donors (Lipinski definition) is 3. The Hall–Kier alpha value is -2.38. The molecule has 0 fully saturated rings. The summed E-state index contributed by atoms with van der Waals surface area (Å²) < 4.78 is 1.02. The van der Waals surface area contributed by atoms with Crippen molar-refractivity contribution in [3.8, 4) is 22.8 Å². The predicted octanol–water partition coefficient (Wildman–Crippen LogP) is 4.43. The molecule has 0 aliphatic rings. The fourth-order valence-corrected chi connectivity index (χ4v) is 2.81. The van der Waals surface area contributed by atoms with E-state index in [-0.39, 0.29) is 11.5 Å². The van der Waals surface area contributed by atoms with Crippen LogP contribution >= 0.6 is 27.3 Å². The summed E-state index contributed by atoms with van der Waals surface area (Å²) in [5, 5.41) is 25.5. The highest BCUT2D eigenvalue weighted by atomic mass is 79.9. The number of benzene rings is 2. The molecule has 0 saturated carbocycles. The first-order chi connectivity index (χ1) is 11.1. The van der Waals surface area contributed by atoms with Crippen LogP contribution in [0.25, 0.3) is 11.3 Å². The average molecular weight is 390 g/mol. The Labute approximate surface area is 145 Å². The zero-order valence-electron chi connectivity index (χ0n) is 11.8. The summed E-state index contributed by atoms with van der Waals surface area (Å²) in [6.45, 7) is 0. The molecular formula is C16H12BrN3O2S. The minimum atomic E-state index is -0.0368. The third-order valence-corrected chi connectivity index (χ3v) is 4.30. The van der Waals surface area contributed by atoms with E-state index in [0.29, 0.717) is 10.7 Å². The Bertz CT molecular complexity index is 847.